The van der Waals surface area contributed by atoms with Crippen molar-refractivity contribution < 1.29 is 0 Å². The average Bonchev–Trinajstić information content (AvgIpc) is 2.28. The Hall–Kier alpha value is -1.48. The van der Waals surface area contributed by atoms with Crippen molar-refractivity contribution in [2.24, 2.45) is 0 Å². The van der Waals surface area contributed by atoms with Gasteiger partial charge in [0.2, 0.25) is 0 Å². The summed E-state index contributed by atoms with van der Waals surface area (Å²) in [6, 6.07) is 12.3. The number of nitrogens with two attached hydrogens (primary N) is 1. The van der Waals surface area contributed by atoms with E-state index >= 15 is 0 Å². The fourth-order valence-corrected chi connectivity index (χ4v) is 2.46. The molecule has 82 valence electrons. The molecule has 2 aromatic rings. The smallest absolute Gasteiger partial charge is 0.124 e. The first-order chi connectivity index (χ1) is 7.75. The van der Waals surface area contributed by atoms with Crippen molar-refractivity contribution in [1.82, 2.24) is 4.98 Å². The number of nitrogen functional groups attached to an aromatic ring is 1. The average molecular weight is 230 g/mol. The Balaban J connectivity index is 2.05. The second-order valence-electron chi connectivity index (χ2n) is 3.63. The lowest BCUT2D eigenvalue weighted by atomic mass is 10.1. The number of hydrogen-bond donors (Lipinski definition) is 1. The summed E-state index contributed by atoms with van der Waals surface area (Å²) in [5.74, 6) is 1.55. The molecule has 0 aliphatic carbocycles. The number of anilines is 1. The van der Waals surface area contributed by atoms with Crippen molar-refractivity contribution in [3.05, 3.63) is 53.7 Å². The van der Waals surface area contributed by atoms with Crippen LogP contribution < -0.4 is 5.73 Å². The molecule has 2 nitrogen and oxygen atoms in total. The lowest BCUT2D eigenvalue weighted by Crippen LogP contribution is -1.89. The van der Waals surface area contributed by atoms with E-state index in [4.69, 9.17) is 5.73 Å². The van der Waals surface area contributed by atoms with Gasteiger partial charge in [-0.3, -0.25) is 0 Å². The highest BCUT2D eigenvalue weighted by Gasteiger charge is 1.99. The Labute approximate surface area is 99.9 Å². The molecule has 0 aliphatic rings. The van der Waals surface area contributed by atoms with Crippen LogP contribution >= 0.6 is 11.8 Å². The van der Waals surface area contributed by atoms with E-state index in [1.165, 1.54) is 11.1 Å². The predicted molar refractivity (Wildman–Crippen MR) is 69.4 cm³/mol. The Morgan fingerprint density at radius 1 is 1.25 bits per heavy atom. The highest BCUT2D eigenvalue weighted by molar-refractivity contribution is 7.98. The largest absolute Gasteiger partial charge is 0.384 e. The third-order valence-electron chi connectivity index (χ3n) is 2.41. The van der Waals surface area contributed by atoms with Crippen LogP contribution in [0.3, 0.4) is 0 Å². The molecule has 0 fully saturated rings. The molecule has 2 rings (SSSR count). The van der Waals surface area contributed by atoms with E-state index in [9.17, 15) is 0 Å². The molecule has 0 aliphatic heterocycles. The molecule has 0 radical (unpaired) electrons. The van der Waals surface area contributed by atoms with Gasteiger partial charge in [0, 0.05) is 16.8 Å². The number of aryl methyl sites for hydroxylation is 1. The summed E-state index contributed by atoms with van der Waals surface area (Å²) >= 11 is 1.78. The summed E-state index contributed by atoms with van der Waals surface area (Å²) in [5.41, 5.74) is 8.33. The molecule has 0 unspecified atom stereocenters. The first-order valence-electron chi connectivity index (χ1n) is 5.14. The summed E-state index contributed by atoms with van der Waals surface area (Å²) in [6.07, 6.45) is 1.75. The normalized spacial score (nSPS) is 10.3. The summed E-state index contributed by atoms with van der Waals surface area (Å²) in [4.78, 5) is 5.14. The van der Waals surface area contributed by atoms with Crippen molar-refractivity contribution >= 4 is 17.6 Å². The van der Waals surface area contributed by atoms with Gasteiger partial charge in [0.1, 0.15) is 5.82 Å². The lowest BCUT2D eigenvalue weighted by Gasteiger charge is -2.05. The van der Waals surface area contributed by atoms with Gasteiger partial charge in [0.05, 0.1) is 0 Å². The van der Waals surface area contributed by atoms with Crippen molar-refractivity contribution in [3.63, 3.8) is 0 Å². The fraction of sp³-hybridized carbons (Fsp3) is 0.154. The first kappa shape index (κ1) is 11.0. The third kappa shape index (κ3) is 2.76. The minimum Gasteiger partial charge on any atom is -0.384 e. The van der Waals surface area contributed by atoms with Crippen LogP contribution in [0.5, 0.6) is 0 Å². The highest BCUT2D eigenvalue weighted by atomic mass is 32.2. The lowest BCUT2D eigenvalue weighted by molar-refractivity contribution is 1.26. The van der Waals surface area contributed by atoms with Crippen LogP contribution in [0.1, 0.15) is 11.1 Å². The van der Waals surface area contributed by atoms with Crippen molar-refractivity contribution in [1.29, 1.82) is 0 Å². The standard InChI is InChI=1S/C13H14N2S/c1-10-4-2-3-5-11(10)9-16-12-6-7-15-13(14)8-12/h2-8H,9H2,1H3,(H2,14,15). The molecule has 0 bridgehead atoms. The zero-order chi connectivity index (χ0) is 11.4. The van der Waals surface area contributed by atoms with Crippen LogP contribution in [0.25, 0.3) is 0 Å². The number of nitrogens with zero attached hydrogens (tertiary/aromatic N) is 1. The molecule has 0 spiro atoms. The van der Waals surface area contributed by atoms with Crippen LogP contribution in [-0.2, 0) is 5.75 Å². The zero-order valence-corrected chi connectivity index (χ0v) is 10.00. The van der Waals surface area contributed by atoms with Crippen molar-refractivity contribution in [2.75, 3.05) is 5.73 Å². The highest BCUT2D eigenvalue weighted by Crippen LogP contribution is 2.24. The number of pyridine rings is 1. The number of hydrogen-bond acceptors (Lipinski definition) is 3. The van der Waals surface area contributed by atoms with Crippen LogP contribution in [0, 0.1) is 6.92 Å². The quantitative estimate of drug-likeness (QED) is 0.822. The summed E-state index contributed by atoms with van der Waals surface area (Å²) in [6.45, 7) is 2.14. The van der Waals surface area contributed by atoms with Crippen LogP contribution in [0.2, 0.25) is 0 Å². The minimum atomic E-state index is 0.579. The second kappa shape index (κ2) is 5.03. The van der Waals surface area contributed by atoms with E-state index in [2.05, 4.69) is 36.2 Å². The molecule has 0 saturated carbocycles. The molecule has 1 aromatic carbocycles. The maximum Gasteiger partial charge on any atom is 0.124 e. The number of benzene rings is 1. The molecule has 3 heteroatoms. The van der Waals surface area contributed by atoms with Gasteiger partial charge in [0.25, 0.3) is 0 Å². The van der Waals surface area contributed by atoms with E-state index in [0.29, 0.717) is 5.82 Å². The Kier molecular flexibility index (Phi) is 3.47. The molecule has 0 atom stereocenters. The molecular weight excluding hydrogens is 216 g/mol. The first-order valence-corrected chi connectivity index (χ1v) is 6.13. The number of thioether (sulfide) groups is 1. The second-order valence-corrected chi connectivity index (χ2v) is 4.68. The van der Waals surface area contributed by atoms with Gasteiger partial charge in [-0.2, -0.15) is 0 Å². The fourth-order valence-electron chi connectivity index (χ4n) is 1.45. The summed E-state index contributed by atoms with van der Waals surface area (Å²) < 4.78 is 0. The Morgan fingerprint density at radius 2 is 2.06 bits per heavy atom. The number of rotatable bonds is 3. The summed E-state index contributed by atoms with van der Waals surface area (Å²) in [5, 5.41) is 0. The third-order valence-corrected chi connectivity index (χ3v) is 3.45. The maximum atomic E-state index is 5.63. The molecular formula is C13H14N2S. The van der Waals surface area contributed by atoms with Gasteiger partial charge < -0.3 is 5.73 Å². The predicted octanol–water partition coefficient (Wildman–Crippen LogP) is 3.26. The van der Waals surface area contributed by atoms with E-state index in [1.54, 1.807) is 18.0 Å². The van der Waals surface area contributed by atoms with E-state index in [-0.39, 0.29) is 0 Å². The van der Waals surface area contributed by atoms with Crippen LogP contribution in [0.15, 0.2) is 47.5 Å². The van der Waals surface area contributed by atoms with Crippen molar-refractivity contribution in [2.45, 2.75) is 17.6 Å². The van der Waals surface area contributed by atoms with Gasteiger partial charge in [-0.25, -0.2) is 4.98 Å². The maximum absolute atomic E-state index is 5.63. The van der Waals surface area contributed by atoms with Gasteiger partial charge in [-0.1, -0.05) is 24.3 Å². The monoisotopic (exact) mass is 230 g/mol. The topological polar surface area (TPSA) is 38.9 Å². The Morgan fingerprint density at radius 3 is 2.81 bits per heavy atom. The van der Waals surface area contributed by atoms with Crippen LogP contribution in [0.4, 0.5) is 5.82 Å². The molecule has 1 heterocycles. The Bertz CT molecular complexity index is 483. The van der Waals surface area contributed by atoms with Gasteiger partial charge in [0.15, 0.2) is 0 Å². The minimum absolute atomic E-state index is 0.579. The van der Waals surface area contributed by atoms with Gasteiger partial charge in [-0.15, -0.1) is 11.8 Å². The molecule has 2 N–H and O–H groups in total. The molecule has 1 aromatic heterocycles. The molecule has 0 amide bonds. The van der Waals surface area contributed by atoms with Crippen molar-refractivity contribution in [3.8, 4) is 0 Å². The number of aromatic nitrogens is 1. The SMILES string of the molecule is Cc1ccccc1CSc1ccnc(N)c1. The van der Waals surface area contributed by atoms with E-state index < -0.39 is 0 Å². The zero-order valence-electron chi connectivity index (χ0n) is 9.18. The van der Waals surface area contributed by atoms with Gasteiger partial charge in [-0.05, 0) is 30.2 Å². The molecule has 16 heavy (non-hydrogen) atoms. The molecule has 0 saturated heterocycles. The van der Waals surface area contributed by atoms with Gasteiger partial charge >= 0.3 is 0 Å². The summed E-state index contributed by atoms with van der Waals surface area (Å²) in [7, 11) is 0. The van der Waals surface area contributed by atoms with Crippen LogP contribution in [-0.4, -0.2) is 4.98 Å². The van der Waals surface area contributed by atoms with E-state index in [0.717, 1.165) is 10.6 Å². The van der Waals surface area contributed by atoms with E-state index in [1.807, 2.05) is 12.1 Å².